The van der Waals surface area contributed by atoms with E-state index in [2.05, 4.69) is 4.90 Å². The summed E-state index contributed by atoms with van der Waals surface area (Å²) in [5, 5.41) is 9.74. The summed E-state index contributed by atoms with van der Waals surface area (Å²) in [5.41, 5.74) is 0. The molecule has 2 N–H and O–H groups in total. The molecular weight excluding hydrogens is 206 g/mol. The Bertz CT molecular complexity index is 290. The lowest BCUT2D eigenvalue weighted by Crippen LogP contribution is -2.39. The van der Waals surface area contributed by atoms with Crippen molar-refractivity contribution in [3.05, 3.63) is 0 Å². The molecule has 1 atom stereocenters. The zero-order chi connectivity index (χ0) is 10.8. The molecule has 0 bridgehead atoms. The third-order valence-electron chi connectivity index (χ3n) is 2.79. The molecule has 5 nitrogen and oxygen atoms in total. The Balaban J connectivity index is 2.75. The molecule has 0 radical (unpaired) electrons. The van der Waals surface area contributed by atoms with Gasteiger partial charge in [-0.15, -0.1) is 0 Å². The molecule has 0 saturated carbocycles. The van der Waals surface area contributed by atoms with Crippen LogP contribution in [-0.2, 0) is 10.1 Å². The zero-order valence-electron chi connectivity index (χ0n) is 8.31. The molecule has 1 fully saturated rings. The topological polar surface area (TPSA) is 77.8 Å². The van der Waals surface area contributed by atoms with E-state index in [1.54, 1.807) is 0 Å². The molecule has 1 heterocycles. The van der Waals surface area contributed by atoms with E-state index in [4.69, 9.17) is 4.55 Å². The molecule has 0 aromatic rings. The minimum Gasteiger partial charge on any atom is -0.372 e. The van der Waals surface area contributed by atoms with Crippen molar-refractivity contribution in [2.45, 2.75) is 31.1 Å². The fourth-order valence-corrected chi connectivity index (χ4v) is 2.47. The first kappa shape index (κ1) is 11.9. The highest BCUT2D eigenvalue weighted by Crippen LogP contribution is 2.26. The number of hydrogen-bond donors (Lipinski definition) is 2. The third kappa shape index (κ3) is 2.44. The van der Waals surface area contributed by atoms with Gasteiger partial charge in [0.25, 0.3) is 10.1 Å². The highest BCUT2D eigenvalue weighted by Gasteiger charge is 2.41. The van der Waals surface area contributed by atoms with Crippen LogP contribution in [0.1, 0.15) is 26.2 Å². The van der Waals surface area contributed by atoms with Gasteiger partial charge in [-0.05, 0) is 25.9 Å². The predicted octanol–water partition coefficient (Wildman–Crippen LogP) is 0.0686. The van der Waals surface area contributed by atoms with Crippen LogP contribution in [0.3, 0.4) is 0 Å². The van der Waals surface area contributed by atoms with Crippen LogP contribution in [0.15, 0.2) is 0 Å². The average Bonchev–Trinajstić information content (AvgIpc) is 2.27. The monoisotopic (exact) mass is 223 g/mol. The molecule has 14 heavy (non-hydrogen) atoms. The predicted molar refractivity (Wildman–Crippen MR) is 52.5 cm³/mol. The van der Waals surface area contributed by atoms with E-state index in [-0.39, 0.29) is 12.8 Å². The van der Waals surface area contributed by atoms with Crippen LogP contribution < -0.4 is 0 Å². The van der Waals surface area contributed by atoms with Crippen LogP contribution in [0.5, 0.6) is 0 Å². The van der Waals surface area contributed by atoms with Gasteiger partial charge in [0, 0.05) is 13.0 Å². The highest BCUT2D eigenvalue weighted by atomic mass is 32.2. The van der Waals surface area contributed by atoms with Gasteiger partial charge < -0.3 is 10.0 Å². The summed E-state index contributed by atoms with van der Waals surface area (Å²) in [6.07, 6.45) is 0.784. The Morgan fingerprint density at radius 1 is 1.36 bits per heavy atom. The van der Waals surface area contributed by atoms with Gasteiger partial charge in [0.15, 0.2) is 4.93 Å². The highest BCUT2D eigenvalue weighted by molar-refractivity contribution is 7.87. The molecule has 1 saturated heterocycles. The van der Waals surface area contributed by atoms with Crippen molar-refractivity contribution in [1.29, 1.82) is 0 Å². The van der Waals surface area contributed by atoms with Crippen LogP contribution in [0.4, 0.5) is 0 Å². The van der Waals surface area contributed by atoms with Gasteiger partial charge in [0.05, 0.1) is 0 Å². The maximum Gasteiger partial charge on any atom is 0.295 e. The van der Waals surface area contributed by atoms with Crippen molar-refractivity contribution in [3.8, 4) is 0 Å². The van der Waals surface area contributed by atoms with Gasteiger partial charge >= 0.3 is 0 Å². The fraction of sp³-hybridized carbons (Fsp3) is 1.00. The normalized spacial score (nSPS) is 31.4. The van der Waals surface area contributed by atoms with Gasteiger partial charge in [0.2, 0.25) is 0 Å². The molecule has 84 valence electrons. The first-order valence-electron chi connectivity index (χ1n) is 4.81. The maximum atomic E-state index is 10.9. The van der Waals surface area contributed by atoms with Crippen molar-refractivity contribution >= 4 is 10.1 Å². The zero-order valence-corrected chi connectivity index (χ0v) is 9.13. The van der Waals surface area contributed by atoms with Crippen LogP contribution in [-0.4, -0.2) is 47.5 Å². The van der Waals surface area contributed by atoms with Crippen molar-refractivity contribution in [3.63, 3.8) is 0 Å². The fourth-order valence-electron chi connectivity index (χ4n) is 1.72. The number of nitrogens with zero attached hydrogens (tertiary/aromatic N) is 1. The number of rotatable bonds is 2. The molecule has 1 aliphatic heterocycles. The van der Waals surface area contributed by atoms with Crippen LogP contribution >= 0.6 is 0 Å². The van der Waals surface area contributed by atoms with Gasteiger partial charge in [-0.2, -0.15) is 8.42 Å². The number of hydrogen-bond acceptors (Lipinski definition) is 4. The molecule has 0 aromatic carbocycles. The lowest BCUT2D eigenvalue weighted by atomic mass is 10.1. The Morgan fingerprint density at radius 2 is 2.00 bits per heavy atom. The van der Waals surface area contributed by atoms with E-state index < -0.39 is 15.1 Å². The van der Waals surface area contributed by atoms with E-state index in [0.717, 1.165) is 13.1 Å². The number of likely N-dealkylation sites (tertiary alicyclic amines) is 1. The molecule has 1 rings (SSSR count). The van der Waals surface area contributed by atoms with Crippen molar-refractivity contribution in [2.24, 2.45) is 0 Å². The Morgan fingerprint density at radius 3 is 2.50 bits per heavy atom. The minimum atomic E-state index is -4.35. The molecule has 0 amide bonds. The van der Waals surface area contributed by atoms with E-state index in [9.17, 15) is 13.5 Å². The average molecular weight is 223 g/mol. The lowest BCUT2D eigenvalue weighted by molar-refractivity contribution is 0.0967. The first-order chi connectivity index (χ1) is 6.39. The Labute approximate surface area is 84.5 Å². The molecule has 0 aliphatic carbocycles. The second-order valence-electron chi connectivity index (χ2n) is 3.71. The lowest BCUT2D eigenvalue weighted by Gasteiger charge is -2.22. The summed E-state index contributed by atoms with van der Waals surface area (Å²) in [6.45, 7) is 4.10. The summed E-state index contributed by atoms with van der Waals surface area (Å²) >= 11 is 0. The smallest absolute Gasteiger partial charge is 0.295 e. The summed E-state index contributed by atoms with van der Waals surface area (Å²) in [5.74, 6) is 0. The van der Waals surface area contributed by atoms with Crippen molar-refractivity contribution < 1.29 is 18.1 Å². The summed E-state index contributed by atoms with van der Waals surface area (Å²) < 4.78 is 30.8. The second-order valence-corrected chi connectivity index (χ2v) is 5.42. The van der Waals surface area contributed by atoms with E-state index in [1.807, 2.05) is 6.92 Å². The van der Waals surface area contributed by atoms with Gasteiger partial charge in [-0.25, -0.2) is 0 Å². The quantitative estimate of drug-likeness (QED) is 0.648. The van der Waals surface area contributed by atoms with Crippen LogP contribution in [0.2, 0.25) is 0 Å². The minimum absolute atomic E-state index is 0.0830. The Kier molecular flexibility index (Phi) is 3.52. The van der Waals surface area contributed by atoms with E-state index >= 15 is 0 Å². The van der Waals surface area contributed by atoms with Crippen molar-refractivity contribution in [1.82, 2.24) is 4.90 Å². The summed E-state index contributed by atoms with van der Waals surface area (Å²) in [4.78, 5) is 0.125. The van der Waals surface area contributed by atoms with E-state index in [1.165, 1.54) is 0 Å². The SMILES string of the molecule is CCN1CCCC(O)(S(=O)(=O)O)CC1. The molecule has 1 aliphatic rings. The van der Waals surface area contributed by atoms with Gasteiger partial charge in [0.1, 0.15) is 0 Å². The molecular formula is C8H17NO4S. The summed E-state index contributed by atoms with van der Waals surface area (Å²) in [6, 6.07) is 0. The first-order valence-corrected chi connectivity index (χ1v) is 6.25. The van der Waals surface area contributed by atoms with Gasteiger partial charge in [-0.3, -0.25) is 4.55 Å². The van der Waals surface area contributed by atoms with Crippen molar-refractivity contribution in [2.75, 3.05) is 19.6 Å². The summed E-state index contributed by atoms with van der Waals surface area (Å²) in [7, 11) is -4.35. The largest absolute Gasteiger partial charge is 0.372 e. The molecule has 0 spiro atoms. The van der Waals surface area contributed by atoms with Gasteiger partial charge in [-0.1, -0.05) is 6.92 Å². The number of aliphatic hydroxyl groups is 1. The molecule has 6 heteroatoms. The van der Waals surface area contributed by atoms with Crippen LogP contribution in [0, 0.1) is 0 Å². The van der Waals surface area contributed by atoms with E-state index in [0.29, 0.717) is 13.0 Å². The molecule has 0 aromatic heterocycles. The Hall–Kier alpha value is -0.170. The molecule has 1 unspecified atom stereocenters. The standard InChI is InChI=1S/C8H17NO4S/c1-2-9-6-3-4-8(10,5-7-9)14(11,12)13/h10H,2-7H2,1H3,(H,11,12,13). The second kappa shape index (κ2) is 4.14. The van der Waals surface area contributed by atoms with Crippen LogP contribution in [0.25, 0.3) is 0 Å². The maximum absolute atomic E-state index is 10.9. The third-order valence-corrected chi connectivity index (χ3v) is 4.16.